The van der Waals surface area contributed by atoms with E-state index in [0.29, 0.717) is 11.6 Å². The lowest BCUT2D eigenvalue weighted by Crippen LogP contribution is -2.33. The van der Waals surface area contributed by atoms with Crippen LogP contribution in [0.15, 0.2) is 22.7 Å². The summed E-state index contributed by atoms with van der Waals surface area (Å²) in [5, 5.41) is 14.2. The Morgan fingerprint density at radius 1 is 1.38 bits per heavy atom. The van der Waals surface area contributed by atoms with E-state index in [1.165, 1.54) is 0 Å². The summed E-state index contributed by atoms with van der Waals surface area (Å²) in [6.07, 6.45) is 4.04. The molecule has 1 aromatic carbocycles. The number of aliphatic hydroxyl groups is 1. The lowest BCUT2D eigenvalue weighted by Gasteiger charge is -2.23. The first-order valence-electron chi connectivity index (χ1n) is 5.50. The quantitative estimate of drug-likeness (QED) is 0.890. The molecule has 4 heteroatoms. The second-order valence-corrected chi connectivity index (χ2v) is 5.70. The van der Waals surface area contributed by atoms with Crippen LogP contribution in [0.4, 0.5) is 5.69 Å². The molecule has 1 aromatic rings. The summed E-state index contributed by atoms with van der Waals surface area (Å²) in [4.78, 5) is 0. The fraction of sp³-hybridized carbons (Fsp3) is 0.500. The summed E-state index contributed by atoms with van der Waals surface area (Å²) in [6, 6.07) is 5.61. The van der Waals surface area contributed by atoms with Crippen molar-refractivity contribution in [3.8, 4) is 0 Å². The first kappa shape index (κ1) is 12.2. The molecule has 0 atom stereocenters. The van der Waals surface area contributed by atoms with Crippen LogP contribution in [-0.2, 0) is 0 Å². The number of anilines is 1. The van der Waals surface area contributed by atoms with Gasteiger partial charge in [0.15, 0.2) is 0 Å². The van der Waals surface area contributed by atoms with Gasteiger partial charge in [0, 0.05) is 21.7 Å². The summed E-state index contributed by atoms with van der Waals surface area (Å²) >= 11 is 9.31. The molecule has 0 bridgehead atoms. The van der Waals surface area contributed by atoms with E-state index in [-0.39, 0.29) is 0 Å². The van der Waals surface area contributed by atoms with Gasteiger partial charge in [-0.25, -0.2) is 0 Å². The number of hydrogen-bond acceptors (Lipinski definition) is 2. The van der Waals surface area contributed by atoms with Gasteiger partial charge in [-0.3, -0.25) is 0 Å². The summed E-state index contributed by atoms with van der Waals surface area (Å²) < 4.78 is 0.932. The Morgan fingerprint density at radius 2 is 2.06 bits per heavy atom. The Kier molecular flexibility index (Phi) is 3.77. The Bertz CT molecular complexity index is 377. The zero-order valence-corrected chi connectivity index (χ0v) is 11.3. The van der Waals surface area contributed by atoms with Crippen molar-refractivity contribution in [2.45, 2.75) is 31.3 Å². The predicted molar refractivity (Wildman–Crippen MR) is 71.1 cm³/mol. The smallest absolute Gasteiger partial charge is 0.0819 e. The van der Waals surface area contributed by atoms with E-state index in [9.17, 15) is 5.11 Å². The van der Waals surface area contributed by atoms with Crippen LogP contribution in [0.5, 0.6) is 0 Å². The Hall–Kier alpha value is -0.250. The second-order valence-electron chi connectivity index (χ2n) is 4.41. The number of rotatable bonds is 3. The Labute approximate surface area is 109 Å². The van der Waals surface area contributed by atoms with Gasteiger partial charge in [-0.1, -0.05) is 24.4 Å². The highest BCUT2D eigenvalue weighted by Crippen LogP contribution is 2.31. The molecule has 16 heavy (non-hydrogen) atoms. The van der Waals surface area contributed by atoms with Gasteiger partial charge in [0.1, 0.15) is 0 Å². The van der Waals surface area contributed by atoms with Crippen molar-refractivity contribution < 1.29 is 5.11 Å². The van der Waals surface area contributed by atoms with E-state index in [2.05, 4.69) is 21.2 Å². The van der Waals surface area contributed by atoms with Crippen molar-refractivity contribution in [3.05, 3.63) is 27.7 Å². The van der Waals surface area contributed by atoms with E-state index in [4.69, 9.17) is 11.6 Å². The van der Waals surface area contributed by atoms with Gasteiger partial charge in [-0.2, -0.15) is 0 Å². The highest BCUT2D eigenvalue weighted by Gasteiger charge is 2.30. The standard InChI is InChI=1S/C12H15BrClNO/c13-10-7-9(14)3-4-11(10)15-8-12(16)5-1-2-6-12/h3-4,7,15-16H,1-2,5-6,8H2. The Balaban J connectivity index is 1.99. The van der Waals surface area contributed by atoms with Crippen molar-refractivity contribution in [2.75, 3.05) is 11.9 Å². The molecule has 0 amide bonds. The highest BCUT2D eigenvalue weighted by molar-refractivity contribution is 9.10. The van der Waals surface area contributed by atoms with Gasteiger partial charge >= 0.3 is 0 Å². The average Bonchev–Trinajstić information content (AvgIpc) is 2.64. The molecule has 2 nitrogen and oxygen atoms in total. The van der Waals surface area contributed by atoms with E-state index >= 15 is 0 Å². The first-order valence-corrected chi connectivity index (χ1v) is 6.67. The molecule has 0 radical (unpaired) electrons. The molecule has 0 aromatic heterocycles. The minimum atomic E-state index is -0.529. The SMILES string of the molecule is OC1(CNc2ccc(Cl)cc2Br)CCCC1. The number of halogens is 2. The molecule has 1 aliphatic rings. The number of nitrogens with one attached hydrogen (secondary N) is 1. The van der Waals surface area contributed by atoms with E-state index < -0.39 is 5.60 Å². The van der Waals surface area contributed by atoms with Gasteiger partial charge in [0.05, 0.1) is 5.60 Å². The average molecular weight is 305 g/mol. The number of hydrogen-bond donors (Lipinski definition) is 2. The molecule has 0 unspecified atom stereocenters. The van der Waals surface area contributed by atoms with Gasteiger partial charge < -0.3 is 10.4 Å². The van der Waals surface area contributed by atoms with Crippen LogP contribution in [0, 0.1) is 0 Å². The molecule has 1 aliphatic carbocycles. The zero-order chi connectivity index (χ0) is 11.6. The van der Waals surface area contributed by atoms with Crippen LogP contribution >= 0.6 is 27.5 Å². The fourth-order valence-electron chi connectivity index (χ4n) is 2.10. The normalized spacial score (nSPS) is 18.7. The molecule has 1 saturated carbocycles. The number of benzene rings is 1. The highest BCUT2D eigenvalue weighted by atomic mass is 79.9. The molecule has 2 rings (SSSR count). The van der Waals surface area contributed by atoms with Crippen molar-refractivity contribution >= 4 is 33.2 Å². The van der Waals surface area contributed by atoms with Crippen molar-refractivity contribution in [2.24, 2.45) is 0 Å². The molecule has 1 fully saturated rings. The van der Waals surface area contributed by atoms with Gasteiger partial charge in [0.2, 0.25) is 0 Å². The molecular weight excluding hydrogens is 289 g/mol. The lowest BCUT2D eigenvalue weighted by molar-refractivity contribution is 0.0614. The maximum Gasteiger partial charge on any atom is 0.0819 e. The topological polar surface area (TPSA) is 32.3 Å². The van der Waals surface area contributed by atoms with E-state index in [1.807, 2.05) is 18.2 Å². The summed E-state index contributed by atoms with van der Waals surface area (Å²) in [7, 11) is 0. The molecule has 88 valence electrons. The van der Waals surface area contributed by atoms with Crippen LogP contribution in [0.25, 0.3) is 0 Å². The third kappa shape index (κ3) is 2.90. The third-order valence-corrected chi connectivity index (χ3v) is 3.96. The molecule has 0 heterocycles. The van der Waals surface area contributed by atoms with E-state index in [1.54, 1.807) is 0 Å². The second kappa shape index (κ2) is 4.94. The zero-order valence-electron chi connectivity index (χ0n) is 8.97. The summed E-state index contributed by atoms with van der Waals surface area (Å²) in [5.41, 5.74) is 0.448. The van der Waals surface area contributed by atoms with Crippen molar-refractivity contribution in [1.82, 2.24) is 0 Å². The molecule has 0 aliphatic heterocycles. The Morgan fingerprint density at radius 3 is 2.69 bits per heavy atom. The molecule has 2 N–H and O–H groups in total. The summed E-state index contributed by atoms with van der Waals surface area (Å²) in [5.74, 6) is 0. The van der Waals surface area contributed by atoms with Crippen LogP contribution in [-0.4, -0.2) is 17.3 Å². The first-order chi connectivity index (χ1) is 7.59. The van der Waals surface area contributed by atoms with Gasteiger partial charge in [0.25, 0.3) is 0 Å². The fourth-order valence-corrected chi connectivity index (χ4v) is 2.93. The van der Waals surface area contributed by atoms with Crippen LogP contribution < -0.4 is 5.32 Å². The third-order valence-electron chi connectivity index (χ3n) is 3.07. The molecular formula is C12H15BrClNO. The minimum Gasteiger partial charge on any atom is -0.388 e. The molecule has 0 saturated heterocycles. The largest absolute Gasteiger partial charge is 0.388 e. The molecule has 0 spiro atoms. The van der Waals surface area contributed by atoms with Crippen molar-refractivity contribution in [3.63, 3.8) is 0 Å². The lowest BCUT2D eigenvalue weighted by atomic mass is 10.0. The van der Waals surface area contributed by atoms with E-state index in [0.717, 1.165) is 35.8 Å². The van der Waals surface area contributed by atoms with Crippen molar-refractivity contribution in [1.29, 1.82) is 0 Å². The minimum absolute atomic E-state index is 0.529. The predicted octanol–water partition coefficient (Wildman–Crippen LogP) is 3.82. The van der Waals surface area contributed by atoms with Crippen LogP contribution in [0.3, 0.4) is 0 Å². The van der Waals surface area contributed by atoms with Crippen LogP contribution in [0.2, 0.25) is 5.02 Å². The maximum absolute atomic E-state index is 10.2. The summed E-state index contributed by atoms with van der Waals surface area (Å²) in [6.45, 7) is 0.604. The van der Waals surface area contributed by atoms with Gasteiger partial charge in [-0.15, -0.1) is 0 Å². The van der Waals surface area contributed by atoms with Gasteiger partial charge in [-0.05, 0) is 47.0 Å². The maximum atomic E-state index is 10.2. The van der Waals surface area contributed by atoms with Crippen LogP contribution in [0.1, 0.15) is 25.7 Å². The monoisotopic (exact) mass is 303 g/mol.